The molecular formula is C12H18FNO. The van der Waals surface area contributed by atoms with Gasteiger partial charge in [-0.15, -0.1) is 0 Å². The molecule has 1 aromatic carbocycles. The van der Waals surface area contributed by atoms with E-state index in [0.717, 1.165) is 5.56 Å². The third-order valence-electron chi connectivity index (χ3n) is 2.35. The number of benzene rings is 1. The number of nitrogens with two attached hydrogens (primary N) is 1. The van der Waals surface area contributed by atoms with Crippen LogP contribution in [0.25, 0.3) is 0 Å². The number of halogens is 1. The highest BCUT2D eigenvalue weighted by atomic mass is 19.1. The van der Waals surface area contributed by atoms with Gasteiger partial charge in [0.2, 0.25) is 0 Å². The highest BCUT2D eigenvalue weighted by molar-refractivity contribution is 5.45. The summed E-state index contributed by atoms with van der Waals surface area (Å²) in [5.41, 5.74) is 6.75. The number of hydrogen-bond acceptors (Lipinski definition) is 2. The van der Waals surface area contributed by atoms with Gasteiger partial charge in [-0.2, -0.15) is 0 Å². The van der Waals surface area contributed by atoms with Gasteiger partial charge < -0.3 is 10.5 Å². The fourth-order valence-electron chi connectivity index (χ4n) is 1.74. The van der Waals surface area contributed by atoms with Crippen LogP contribution < -0.4 is 10.5 Å². The second-order valence-corrected chi connectivity index (χ2v) is 4.26. The summed E-state index contributed by atoms with van der Waals surface area (Å²) in [4.78, 5) is 0. The predicted molar refractivity (Wildman–Crippen MR) is 59.7 cm³/mol. The Hall–Kier alpha value is -1.09. The van der Waals surface area contributed by atoms with Crippen molar-refractivity contribution >= 4 is 0 Å². The van der Waals surface area contributed by atoms with Gasteiger partial charge in [0.25, 0.3) is 0 Å². The number of methoxy groups -OCH3 is 1. The number of hydrogen-bond donors (Lipinski definition) is 1. The van der Waals surface area contributed by atoms with Crippen molar-refractivity contribution in [2.24, 2.45) is 5.73 Å². The lowest BCUT2D eigenvalue weighted by Gasteiger charge is -2.25. The van der Waals surface area contributed by atoms with Crippen LogP contribution in [0.2, 0.25) is 0 Å². The summed E-state index contributed by atoms with van der Waals surface area (Å²) >= 11 is 0. The predicted octanol–water partition coefficient (Wildman–Crippen LogP) is 2.92. The summed E-state index contributed by atoms with van der Waals surface area (Å²) in [5, 5.41) is 0. The van der Waals surface area contributed by atoms with Crippen LogP contribution >= 0.6 is 0 Å². The molecule has 0 aliphatic rings. The molecule has 0 saturated carbocycles. The summed E-state index contributed by atoms with van der Waals surface area (Å²) in [6.07, 6.45) is -1.04. The van der Waals surface area contributed by atoms with E-state index in [9.17, 15) is 4.39 Å². The van der Waals surface area contributed by atoms with E-state index in [0.29, 0.717) is 11.3 Å². The zero-order valence-corrected chi connectivity index (χ0v) is 9.67. The van der Waals surface area contributed by atoms with Crippen LogP contribution in [-0.2, 0) is 5.54 Å². The first-order valence-corrected chi connectivity index (χ1v) is 4.98. The van der Waals surface area contributed by atoms with Gasteiger partial charge in [-0.3, -0.25) is 0 Å². The van der Waals surface area contributed by atoms with Crippen molar-refractivity contribution in [2.75, 3.05) is 7.11 Å². The van der Waals surface area contributed by atoms with E-state index in [-0.39, 0.29) is 0 Å². The Balaban J connectivity index is 3.41. The second-order valence-electron chi connectivity index (χ2n) is 4.26. The van der Waals surface area contributed by atoms with Crippen LogP contribution in [0.15, 0.2) is 18.2 Å². The molecule has 84 valence electrons. The average Bonchev–Trinajstić information content (AvgIpc) is 2.15. The highest BCUT2D eigenvalue weighted by Crippen LogP contribution is 2.35. The normalized spacial score (nSPS) is 13.7. The SMILES string of the molecule is COc1cccc(C(C)F)c1C(C)(C)N. The summed E-state index contributed by atoms with van der Waals surface area (Å²) in [7, 11) is 1.57. The van der Waals surface area contributed by atoms with Gasteiger partial charge in [0.05, 0.1) is 7.11 Å². The molecule has 0 fully saturated rings. The first-order chi connectivity index (χ1) is 6.88. The van der Waals surface area contributed by atoms with Crippen LogP contribution in [0, 0.1) is 0 Å². The Morgan fingerprint density at radius 2 is 2.00 bits per heavy atom. The Morgan fingerprint density at radius 3 is 2.40 bits per heavy atom. The molecule has 2 N–H and O–H groups in total. The Morgan fingerprint density at radius 1 is 1.40 bits per heavy atom. The maximum absolute atomic E-state index is 13.4. The number of rotatable bonds is 3. The monoisotopic (exact) mass is 211 g/mol. The van der Waals surface area contributed by atoms with E-state index >= 15 is 0 Å². The highest BCUT2D eigenvalue weighted by Gasteiger charge is 2.25. The van der Waals surface area contributed by atoms with Gasteiger partial charge in [-0.25, -0.2) is 4.39 Å². The molecule has 15 heavy (non-hydrogen) atoms. The molecule has 3 heteroatoms. The molecule has 0 aliphatic heterocycles. The Bertz CT molecular complexity index is 342. The van der Waals surface area contributed by atoms with E-state index in [2.05, 4.69) is 0 Å². The standard InChI is InChI=1S/C12H18FNO/c1-8(13)9-6-5-7-10(15-4)11(9)12(2,3)14/h5-8H,14H2,1-4H3. The lowest BCUT2D eigenvalue weighted by molar-refractivity contribution is 0.353. The summed E-state index contributed by atoms with van der Waals surface area (Å²) in [6.45, 7) is 5.19. The molecule has 1 rings (SSSR count). The molecule has 0 aromatic heterocycles. The molecular weight excluding hydrogens is 193 g/mol. The fraction of sp³-hybridized carbons (Fsp3) is 0.500. The van der Waals surface area contributed by atoms with Gasteiger partial charge in [-0.05, 0) is 32.4 Å². The van der Waals surface area contributed by atoms with Crippen LogP contribution in [0.1, 0.15) is 38.1 Å². The zero-order chi connectivity index (χ0) is 11.6. The van der Waals surface area contributed by atoms with Crippen molar-refractivity contribution in [3.8, 4) is 5.75 Å². The van der Waals surface area contributed by atoms with E-state index in [1.165, 1.54) is 6.92 Å². The minimum Gasteiger partial charge on any atom is -0.496 e. The van der Waals surface area contributed by atoms with Crippen molar-refractivity contribution in [1.82, 2.24) is 0 Å². The molecule has 0 spiro atoms. The van der Waals surface area contributed by atoms with Crippen molar-refractivity contribution in [1.29, 1.82) is 0 Å². The lowest BCUT2D eigenvalue weighted by atomic mass is 9.88. The molecule has 0 bridgehead atoms. The van der Waals surface area contributed by atoms with Crippen LogP contribution in [0.3, 0.4) is 0 Å². The lowest BCUT2D eigenvalue weighted by Crippen LogP contribution is -2.30. The van der Waals surface area contributed by atoms with E-state index in [4.69, 9.17) is 10.5 Å². The van der Waals surface area contributed by atoms with Crippen LogP contribution in [0.5, 0.6) is 5.75 Å². The minimum atomic E-state index is -1.04. The first-order valence-electron chi connectivity index (χ1n) is 4.98. The summed E-state index contributed by atoms with van der Waals surface area (Å²) in [5.74, 6) is 0.643. The zero-order valence-electron chi connectivity index (χ0n) is 9.67. The van der Waals surface area contributed by atoms with Gasteiger partial charge in [-0.1, -0.05) is 12.1 Å². The van der Waals surface area contributed by atoms with Gasteiger partial charge in [0.1, 0.15) is 11.9 Å². The molecule has 1 unspecified atom stereocenters. The first kappa shape index (κ1) is 12.0. The number of alkyl halides is 1. The topological polar surface area (TPSA) is 35.2 Å². The third kappa shape index (κ3) is 2.48. The average molecular weight is 211 g/mol. The van der Waals surface area contributed by atoms with Crippen molar-refractivity contribution in [3.05, 3.63) is 29.3 Å². The van der Waals surface area contributed by atoms with Crippen LogP contribution in [-0.4, -0.2) is 7.11 Å². The molecule has 0 heterocycles. The minimum absolute atomic E-state index is 0.599. The summed E-state index contributed by atoms with van der Waals surface area (Å²) in [6, 6.07) is 5.33. The molecule has 1 aromatic rings. The van der Waals surface area contributed by atoms with Gasteiger partial charge >= 0.3 is 0 Å². The van der Waals surface area contributed by atoms with Gasteiger partial charge in [0, 0.05) is 11.1 Å². The molecule has 2 nitrogen and oxygen atoms in total. The molecule has 0 radical (unpaired) electrons. The summed E-state index contributed by atoms with van der Waals surface area (Å²) < 4.78 is 18.6. The molecule has 0 aliphatic carbocycles. The molecule has 0 amide bonds. The second kappa shape index (κ2) is 4.19. The molecule has 1 atom stereocenters. The van der Waals surface area contributed by atoms with E-state index < -0.39 is 11.7 Å². The maximum Gasteiger partial charge on any atom is 0.124 e. The fourth-order valence-corrected chi connectivity index (χ4v) is 1.74. The van der Waals surface area contributed by atoms with Crippen molar-refractivity contribution in [3.63, 3.8) is 0 Å². The quantitative estimate of drug-likeness (QED) is 0.834. The Labute approximate surface area is 90.2 Å². The number of ether oxygens (including phenoxy) is 1. The molecule has 0 saturated heterocycles. The van der Waals surface area contributed by atoms with E-state index in [1.54, 1.807) is 25.3 Å². The smallest absolute Gasteiger partial charge is 0.124 e. The Kier molecular flexibility index (Phi) is 3.35. The van der Waals surface area contributed by atoms with Crippen molar-refractivity contribution in [2.45, 2.75) is 32.5 Å². The maximum atomic E-state index is 13.4. The van der Waals surface area contributed by atoms with Crippen molar-refractivity contribution < 1.29 is 9.13 Å². The van der Waals surface area contributed by atoms with E-state index in [1.807, 2.05) is 13.8 Å². The largest absolute Gasteiger partial charge is 0.496 e. The third-order valence-corrected chi connectivity index (χ3v) is 2.35. The van der Waals surface area contributed by atoms with Gasteiger partial charge in [0.15, 0.2) is 0 Å². The van der Waals surface area contributed by atoms with Crippen LogP contribution in [0.4, 0.5) is 4.39 Å².